The summed E-state index contributed by atoms with van der Waals surface area (Å²) < 4.78 is 31.9. The molecular weight excluding hydrogens is 288 g/mol. The summed E-state index contributed by atoms with van der Waals surface area (Å²) in [4.78, 5) is 0. The summed E-state index contributed by atoms with van der Waals surface area (Å²) in [5.74, 6) is 1.75. The molecular formula is C15H24N2O3S. The fraction of sp³-hybridized carbons (Fsp3) is 0.600. The molecule has 0 radical (unpaired) electrons. The summed E-state index contributed by atoms with van der Waals surface area (Å²) in [6.45, 7) is 2.89. The van der Waals surface area contributed by atoms with Crippen LogP contribution in [0.1, 0.15) is 26.2 Å². The first-order chi connectivity index (χ1) is 9.94. The maximum Gasteiger partial charge on any atom is 0.214 e. The van der Waals surface area contributed by atoms with Gasteiger partial charge >= 0.3 is 0 Å². The fourth-order valence-electron chi connectivity index (χ4n) is 2.70. The number of sulfonamides is 1. The van der Waals surface area contributed by atoms with E-state index < -0.39 is 10.0 Å². The van der Waals surface area contributed by atoms with Gasteiger partial charge < -0.3 is 10.5 Å². The summed E-state index contributed by atoms with van der Waals surface area (Å²) in [6.07, 6.45) is 3.43. The molecule has 0 amide bonds. The van der Waals surface area contributed by atoms with Crippen molar-refractivity contribution in [3.63, 3.8) is 0 Å². The second-order valence-corrected chi connectivity index (χ2v) is 7.80. The van der Waals surface area contributed by atoms with Crippen molar-refractivity contribution in [3.8, 4) is 5.75 Å². The molecule has 0 spiro atoms. The molecule has 0 aromatic heterocycles. The molecule has 1 fully saturated rings. The summed E-state index contributed by atoms with van der Waals surface area (Å²) in [5, 5.41) is 0. The molecule has 0 aliphatic heterocycles. The second-order valence-electron chi connectivity index (χ2n) is 5.87. The van der Waals surface area contributed by atoms with Gasteiger partial charge in [-0.3, -0.25) is 0 Å². The highest BCUT2D eigenvalue weighted by molar-refractivity contribution is 7.89. The number of ether oxygens (including phenoxy) is 1. The molecule has 118 valence electrons. The summed E-state index contributed by atoms with van der Waals surface area (Å²) >= 11 is 0. The van der Waals surface area contributed by atoms with Gasteiger partial charge in [0.1, 0.15) is 12.4 Å². The van der Waals surface area contributed by atoms with E-state index in [0.717, 1.165) is 12.8 Å². The van der Waals surface area contributed by atoms with Crippen molar-refractivity contribution in [1.29, 1.82) is 0 Å². The minimum absolute atomic E-state index is 0.0376. The Labute approximate surface area is 126 Å². The van der Waals surface area contributed by atoms with Gasteiger partial charge in [-0.05, 0) is 36.8 Å². The number of nitrogens with one attached hydrogen (secondary N) is 1. The Morgan fingerprint density at radius 1 is 1.38 bits per heavy atom. The summed E-state index contributed by atoms with van der Waals surface area (Å²) in [7, 11) is -3.27. The molecule has 3 N–H and O–H groups in total. The molecule has 2 rings (SSSR count). The second kappa shape index (κ2) is 7.13. The number of hydrogen-bond donors (Lipinski definition) is 2. The van der Waals surface area contributed by atoms with E-state index >= 15 is 0 Å². The van der Waals surface area contributed by atoms with Crippen molar-refractivity contribution in [3.05, 3.63) is 24.3 Å². The lowest BCUT2D eigenvalue weighted by molar-refractivity contribution is 0.340. The van der Waals surface area contributed by atoms with Crippen molar-refractivity contribution in [2.75, 3.05) is 24.6 Å². The van der Waals surface area contributed by atoms with Gasteiger partial charge in [0.05, 0.1) is 5.75 Å². The first-order valence-electron chi connectivity index (χ1n) is 7.40. The zero-order valence-electron chi connectivity index (χ0n) is 12.4. The molecule has 1 aromatic rings. The zero-order valence-corrected chi connectivity index (χ0v) is 13.2. The number of nitrogens with two attached hydrogens (primary N) is 1. The maximum absolute atomic E-state index is 11.9. The lowest BCUT2D eigenvalue weighted by Gasteiger charge is -2.12. The molecule has 0 bridgehead atoms. The summed E-state index contributed by atoms with van der Waals surface area (Å²) in [5.41, 5.74) is 6.24. The van der Waals surface area contributed by atoms with Gasteiger partial charge in [0.2, 0.25) is 10.0 Å². The van der Waals surface area contributed by atoms with Crippen molar-refractivity contribution in [2.45, 2.75) is 26.2 Å². The van der Waals surface area contributed by atoms with E-state index in [-0.39, 0.29) is 12.4 Å². The Bertz CT molecular complexity index is 560. The molecule has 0 saturated heterocycles. The van der Waals surface area contributed by atoms with E-state index in [1.165, 1.54) is 6.42 Å². The molecule has 21 heavy (non-hydrogen) atoms. The predicted molar refractivity (Wildman–Crippen MR) is 84.6 cm³/mol. The Hall–Kier alpha value is -1.27. The molecule has 1 aliphatic carbocycles. The Kier molecular flexibility index (Phi) is 5.47. The van der Waals surface area contributed by atoms with Crippen LogP contribution in [-0.4, -0.2) is 27.3 Å². The predicted octanol–water partition coefficient (Wildman–Crippen LogP) is 2.00. The Morgan fingerprint density at radius 2 is 2.19 bits per heavy atom. The van der Waals surface area contributed by atoms with Crippen molar-refractivity contribution in [1.82, 2.24) is 4.72 Å². The SMILES string of the molecule is CC1CCC(CNS(=O)(=O)CCOc2cccc(N)c2)C1. The zero-order chi connectivity index (χ0) is 15.3. The number of rotatable bonds is 7. The van der Waals surface area contributed by atoms with E-state index in [2.05, 4.69) is 11.6 Å². The van der Waals surface area contributed by atoms with Gasteiger partial charge in [-0.15, -0.1) is 0 Å². The van der Waals surface area contributed by atoms with Gasteiger partial charge in [0.25, 0.3) is 0 Å². The molecule has 1 saturated carbocycles. The minimum Gasteiger partial charge on any atom is -0.492 e. The van der Waals surface area contributed by atoms with Crippen LogP contribution in [0.2, 0.25) is 0 Å². The van der Waals surface area contributed by atoms with Crippen LogP contribution in [0.3, 0.4) is 0 Å². The smallest absolute Gasteiger partial charge is 0.214 e. The third kappa shape index (κ3) is 5.55. The van der Waals surface area contributed by atoms with Crippen LogP contribution >= 0.6 is 0 Å². The average Bonchev–Trinajstić information content (AvgIpc) is 2.82. The monoisotopic (exact) mass is 312 g/mol. The fourth-order valence-corrected chi connectivity index (χ4v) is 3.64. The van der Waals surface area contributed by atoms with Crippen molar-refractivity contribution < 1.29 is 13.2 Å². The first-order valence-corrected chi connectivity index (χ1v) is 9.05. The lowest BCUT2D eigenvalue weighted by atomic mass is 10.1. The van der Waals surface area contributed by atoms with E-state index in [4.69, 9.17) is 10.5 Å². The van der Waals surface area contributed by atoms with Gasteiger partial charge in [0.15, 0.2) is 0 Å². The third-order valence-electron chi connectivity index (χ3n) is 3.87. The molecule has 2 unspecified atom stereocenters. The van der Waals surface area contributed by atoms with Crippen LogP contribution in [0.25, 0.3) is 0 Å². The highest BCUT2D eigenvalue weighted by atomic mass is 32.2. The standard InChI is InChI=1S/C15H24N2O3S/c1-12-5-6-13(9-12)11-17-21(18,19)8-7-20-15-4-2-3-14(16)10-15/h2-4,10,12-13,17H,5-9,11,16H2,1H3. The van der Waals surface area contributed by atoms with Crippen LogP contribution in [0.4, 0.5) is 5.69 Å². The molecule has 1 aliphatic rings. The molecule has 1 aromatic carbocycles. The van der Waals surface area contributed by atoms with E-state index in [0.29, 0.717) is 29.8 Å². The van der Waals surface area contributed by atoms with Crippen molar-refractivity contribution in [2.24, 2.45) is 11.8 Å². The third-order valence-corrected chi connectivity index (χ3v) is 5.18. The highest BCUT2D eigenvalue weighted by Crippen LogP contribution is 2.29. The van der Waals surface area contributed by atoms with Crippen molar-refractivity contribution >= 4 is 15.7 Å². The minimum atomic E-state index is -3.27. The average molecular weight is 312 g/mol. The first kappa shape index (κ1) is 16.1. The molecule has 5 nitrogen and oxygen atoms in total. The maximum atomic E-state index is 11.9. The molecule has 0 heterocycles. The van der Waals surface area contributed by atoms with E-state index in [9.17, 15) is 8.42 Å². The normalized spacial score (nSPS) is 22.3. The Morgan fingerprint density at radius 3 is 2.86 bits per heavy atom. The van der Waals surface area contributed by atoms with Crippen LogP contribution in [0.5, 0.6) is 5.75 Å². The number of nitrogen functional groups attached to an aromatic ring is 1. The topological polar surface area (TPSA) is 81.4 Å². The largest absolute Gasteiger partial charge is 0.492 e. The van der Waals surface area contributed by atoms with Gasteiger partial charge in [0, 0.05) is 18.3 Å². The molecule has 2 atom stereocenters. The lowest BCUT2D eigenvalue weighted by Crippen LogP contribution is -2.32. The van der Waals surface area contributed by atoms with Gasteiger partial charge in [-0.1, -0.05) is 19.4 Å². The van der Waals surface area contributed by atoms with Crippen LogP contribution in [-0.2, 0) is 10.0 Å². The molecule has 6 heteroatoms. The van der Waals surface area contributed by atoms with Gasteiger partial charge in [-0.25, -0.2) is 13.1 Å². The quantitative estimate of drug-likeness (QED) is 0.755. The Balaban J connectivity index is 1.71. The van der Waals surface area contributed by atoms with E-state index in [1.54, 1.807) is 24.3 Å². The number of hydrogen-bond acceptors (Lipinski definition) is 4. The summed E-state index contributed by atoms with van der Waals surface area (Å²) in [6, 6.07) is 6.97. The van der Waals surface area contributed by atoms with Crippen LogP contribution in [0.15, 0.2) is 24.3 Å². The number of anilines is 1. The van der Waals surface area contributed by atoms with Gasteiger partial charge in [-0.2, -0.15) is 0 Å². The highest BCUT2D eigenvalue weighted by Gasteiger charge is 2.22. The van der Waals surface area contributed by atoms with Crippen LogP contribution in [0, 0.1) is 11.8 Å². The van der Waals surface area contributed by atoms with E-state index in [1.807, 2.05) is 0 Å². The van der Waals surface area contributed by atoms with Crippen LogP contribution < -0.4 is 15.2 Å². The number of benzene rings is 1.